The van der Waals surface area contributed by atoms with E-state index in [1.807, 2.05) is 6.92 Å². The van der Waals surface area contributed by atoms with Gasteiger partial charge in [-0.3, -0.25) is 4.79 Å². The summed E-state index contributed by atoms with van der Waals surface area (Å²) in [4.78, 5) is 12.7. The molecule has 0 saturated heterocycles. The van der Waals surface area contributed by atoms with E-state index in [1.165, 1.54) is 11.1 Å². The van der Waals surface area contributed by atoms with E-state index >= 15 is 0 Å². The average Bonchev–Trinajstić information content (AvgIpc) is 2.88. The van der Waals surface area contributed by atoms with Gasteiger partial charge in [-0.15, -0.1) is 0 Å². The van der Waals surface area contributed by atoms with E-state index in [0.29, 0.717) is 6.54 Å². The van der Waals surface area contributed by atoms with Crippen molar-refractivity contribution in [2.45, 2.75) is 57.4 Å². The first-order chi connectivity index (χ1) is 9.54. The summed E-state index contributed by atoms with van der Waals surface area (Å²) in [5, 5.41) is 3.10. The summed E-state index contributed by atoms with van der Waals surface area (Å²) in [6.45, 7) is 4.72. The maximum atomic E-state index is 12.7. The Morgan fingerprint density at radius 1 is 1.40 bits per heavy atom. The summed E-state index contributed by atoms with van der Waals surface area (Å²) in [6.07, 6.45) is 5.01. The van der Waals surface area contributed by atoms with E-state index in [-0.39, 0.29) is 17.4 Å². The van der Waals surface area contributed by atoms with Crippen molar-refractivity contribution >= 4 is 5.91 Å². The molecule has 0 radical (unpaired) electrons. The van der Waals surface area contributed by atoms with Gasteiger partial charge in [0.2, 0.25) is 5.91 Å². The largest absolute Gasteiger partial charge is 0.355 e. The van der Waals surface area contributed by atoms with Crippen LogP contribution in [-0.4, -0.2) is 18.5 Å². The van der Waals surface area contributed by atoms with Crippen LogP contribution >= 0.6 is 0 Å². The monoisotopic (exact) mass is 274 g/mol. The lowest BCUT2D eigenvalue weighted by Gasteiger charge is -2.29. The number of rotatable bonds is 5. The van der Waals surface area contributed by atoms with Gasteiger partial charge >= 0.3 is 0 Å². The van der Waals surface area contributed by atoms with Crippen molar-refractivity contribution in [2.24, 2.45) is 5.73 Å². The Morgan fingerprint density at radius 3 is 2.70 bits per heavy atom. The van der Waals surface area contributed by atoms with Crippen LogP contribution in [0, 0.1) is 6.92 Å². The Kier molecular flexibility index (Phi) is 4.81. The van der Waals surface area contributed by atoms with Gasteiger partial charge in [0, 0.05) is 12.6 Å². The molecule has 3 nitrogen and oxygen atoms in total. The maximum absolute atomic E-state index is 12.7. The van der Waals surface area contributed by atoms with Crippen LogP contribution < -0.4 is 11.1 Å². The number of nitrogens with one attached hydrogen (secondary N) is 1. The number of aryl methyl sites for hydroxylation is 1. The molecule has 1 aromatic carbocycles. The van der Waals surface area contributed by atoms with Crippen LogP contribution in [0.4, 0.5) is 0 Å². The molecule has 0 heterocycles. The van der Waals surface area contributed by atoms with Crippen molar-refractivity contribution in [3.63, 3.8) is 0 Å². The highest BCUT2D eigenvalue weighted by Gasteiger charge is 2.42. The molecule has 3 heteroatoms. The fraction of sp³-hybridized carbons (Fsp3) is 0.588. The van der Waals surface area contributed by atoms with Crippen LogP contribution in [-0.2, 0) is 10.2 Å². The standard InChI is InChI=1S/C17H26N2O/c1-13-6-5-7-15(12-13)17(9-3-4-10-17)16(20)19-11-8-14(2)18/h5-7,12,14H,3-4,8-11,18H2,1-2H3,(H,19,20). The van der Waals surface area contributed by atoms with Crippen molar-refractivity contribution in [1.82, 2.24) is 5.32 Å². The van der Waals surface area contributed by atoms with E-state index < -0.39 is 0 Å². The quantitative estimate of drug-likeness (QED) is 0.867. The van der Waals surface area contributed by atoms with Gasteiger partial charge in [0.1, 0.15) is 0 Å². The van der Waals surface area contributed by atoms with Crippen molar-refractivity contribution in [3.8, 4) is 0 Å². The number of nitrogens with two attached hydrogens (primary N) is 1. The molecule has 1 amide bonds. The van der Waals surface area contributed by atoms with Crippen LogP contribution in [0.1, 0.15) is 50.2 Å². The van der Waals surface area contributed by atoms with E-state index in [4.69, 9.17) is 5.73 Å². The molecule has 1 aliphatic carbocycles. The van der Waals surface area contributed by atoms with Crippen LogP contribution in [0.2, 0.25) is 0 Å². The summed E-state index contributed by atoms with van der Waals surface area (Å²) in [6, 6.07) is 8.54. The Balaban J connectivity index is 2.15. The van der Waals surface area contributed by atoms with E-state index in [9.17, 15) is 4.79 Å². The SMILES string of the molecule is Cc1cccc(C2(C(=O)NCCC(C)N)CCCC2)c1. The number of hydrogen-bond donors (Lipinski definition) is 2. The van der Waals surface area contributed by atoms with Crippen molar-refractivity contribution in [3.05, 3.63) is 35.4 Å². The minimum absolute atomic E-state index is 0.133. The highest BCUT2D eigenvalue weighted by molar-refractivity contribution is 5.88. The number of benzene rings is 1. The molecule has 1 atom stereocenters. The second-order valence-electron chi connectivity index (χ2n) is 6.18. The normalized spacial score (nSPS) is 18.8. The molecule has 1 aromatic rings. The zero-order valence-corrected chi connectivity index (χ0v) is 12.6. The van der Waals surface area contributed by atoms with Crippen LogP contribution in [0.3, 0.4) is 0 Å². The van der Waals surface area contributed by atoms with E-state index in [0.717, 1.165) is 32.1 Å². The lowest BCUT2D eigenvalue weighted by molar-refractivity contribution is -0.126. The Labute approximate surface area is 121 Å². The predicted molar refractivity (Wildman–Crippen MR) is 82.6 cm³/mol. The summed E-state index contributed by atoms with van der Waals surface area (Å²) >= 11 is 0. The third-order valence-corrected chi connectivity index (χ3v) is 4.35. The summed E-state index contributed by atoms with van der Waals surface area (Å²) in [7, 11) is 0. The van der Waals surface area contributed by atoms with Gasteiger partial charge in [0.25, 0.3) is 0 Å². The lowest BCUT2D eigenvalue weighted by atomic mass is 9.77. The molecule has 0 aromatic heterocycles. The topological polar surface area (TPSA) is 55.1 Å². The molecule has 1 unspecified atom stereocenters. The van der Waals surface area contributed by atoms with Gasteiger partial charge in [-0.1, -0.05) is 42.7 Å². The second kappa shape index (κ2) is 6.40. The lowest BCUT2D eigenvalue weighted by Crippen LogP contribution is -2.43. The molecule has 110 valence electrons. The third kappa shape index (κ3) is 3.21. The number of carbonyl (C=O) groups excluding carboxylic acids is 1. The highest BCUT2D eigenvalue weighted by Crippen LogP contribution is 2.41. The Bertz CT molecular complexity index is 462. The van der Waals surface area contributed by atoms with Crippen LogP contribution in [0.15, 0.2) is 24.3 Å². The van der Waals surface area contributed by atoms with Crippen molar-refractivity contribution in [2.75, 3.05) is 6.54 Å². The molecule has 1 fully saturated rings. The van der Waals surface area contributed by atoms with Crippen LogP contribution in [0.25, 0.3) is 0 Å². The molecule has 3 N–H and O–H groups in total. The van der Waals surface area contributed by atoms with Gasteiger partial charge in [0.05, 0.1) is 5.41 Å². The third-order valence-electron chi connectivity index (χ3n) is 4.35. The smallest absolute Gasteiger partial charge is 0.230 e. The Morgan fingerprint density at radius 2 is 2.10 bits per heavy atom. The van der Waals surface area contributed by atoms with Gasteiger partial charge in [0.15, 0.2) is 0 Å². The molecular weight excluding hydrogens is 248 g/mol. The minimum atomic E-state index is -0.316. The molecule has 1 aliphatic rings. The molecular formula is C17H26N2O. The number of carbonyl (C=O) groups is 1. The molecule has 0 spiro atoms. The van der Waals surface area contributed by atoms with E-state index in [2.05, 4.69) is 36.5 Å². The molecule has 0 aliphatic heterocycles. The fourth-order valence-electron chi connectivity index (χ4n) is 3.15. The number of hydrogen-bond acceptors (Lipinski definition) is 2. The molecule has 0 bridgehead atoms. The second-order valence-corrected chi connectivity index (χ2v) is 6.18. The highest BCUT2D eigenvalue weighted by atomic mass is 16.2. The van der Waals surface area contributed by atoms with Gasteiger partial charge in [-0.2, -0.15) is 0 Å². The number of amides is 1. The predicted octanol–water partition coefficient (Wildman–Crippen LogP) is 2.66. The van der Waals surface area contributed by atoms with Crippen molar-refractivity contribution in [1.29, 1.82) is 0 Å². The molecule has 1 saturated carbocycles. The van der Waals surface area contributed by atoms with Gasteiger partial charge in [-0.25, -0.2) is 0 Å². The summed E-state index contributed by atoms with van der Waals surface area (Å²) in [5.74, 6) is 0.182. The first-order valence-corrected chi connectivity index (χ1v) is 7.66. The van der Waals surface area contributed by atoms with Gasteiger partial charge in [-0.05, 0) is 38.7 Å². The first kappa shape index (κ1) is 15.0. The Hall–Kier alpha value is -1.35. The minimum Gasteiger partial charge on any atom is -0.355 e. The fourth-order valence-corrected chi connectivity index (χ4v) is 3.15. The van der Waals surface area contributed by atoms with E-state index in [1.54, 1.807) is 0 Å². The van der Waals surface area contributed by atoms with Gasteiger partial charge < -0.3 is 11.1 Å². The zero-order chi connectivity index (χ0) is 14.6. The molecule has 20 heavy (non-hydrogen) atoms. The summed E-state index contributed by atoms with van der Waals surface area (Å²) < 4.78 is 0. The van der Waals surface area contributed by atoms with Crippen molar-refractivity contribution < 1.29 is 4.79 Å². The van der Waals surface area contributed by atoms with Crippen LogP contribution in [0.5, 0.6) is 0 Å². The maximum Gasteiger partial charge on any atom is 0.230 e. The summed E-state index contributed by atoms with van der Waals surface area (Å²) in [5.41, 5.74) is 7.82. The zero-order valence-electron chi connectivity index (χ0n) is 12.6. The molecule has 2 rings (SSSR count). The average molecular weight is 274 g/mol. The first-order valence-electron chi connectivity index (χ1n) is 7.66.